The second kappa shape index (κ2) is 9.90. The maximum absolute atomic E-state index is 12.4. The van der Waals surface area contributed by atoms with Crippen LogP contribution in [0.5, 0.6) is 0 Å². The maximum Gasteiger partial charge on any atom is 0.337 e. The summed E-state index contributed by atoms with van der Waals surface area (Å²) in [6.07, 6.45) is 0. The summed E-state index contributed by atoms with van der Waals surface area (Å²) in [6, 6.07) is 13.7. The van der Waals surface area contributed by atoms with Crippen molar-refractivity contribution in [3.05, 3.63) is 59.9 Å². The molecule has 31 heavy (non-hydrogen) atoms. The molecule has 10 heteroatoms. The van der Waals surface area contributed by atoms with Gasteiger partial charge >= 0.3 is 5.97 Å². The van der Waals surface area contributed by atoms with Crippen LogP contribution in [0.3, 0.4) is 0 Å². The van der Waals surface area contributed by atoms with Gasteiger partial charge in [0, 0.05) is 18.3 Å². The zero-order chi connectivity index (χ0) is 22.4. The Kier molecular flexibility index (Phi) is 7.03. The average Bonchev–Trinajstić information content (AvgIpc) is 3.12. The monoisotopic (exact) mass is 439 g/mol. The highest BCUT2D eigenvalue weighted by Crippen LogP contribution is 2.24. The number of rotatable bonds is 7. The van der Waals surface area contributed by atoms with Crippen LogP contribution in [0.25, 0.3) is 5.69 Å². The van der Waals surface area contributed by atoms with E-state index in [0.717, 1.165) is 5.69 Å². The molecule has 1 heterocycles. The van der Waals surface area contributed by atoms with Crippen molar-refractivity contribution in [2.45, 2.75) is 19.0 Å². The first kappa shape index (κ1) is 22.0. The number of methoxy groups -OCH3 is 1. The van der Waals surface area contributed by atoms with Crippen LogP contribution in [0.1, 0.15) is 23.1 Å². The molecule has 2 N–H and O–H groups in total. The van der Waals surface area contributed by atoms with Gasteiger partial charge in [-0.1, -0.05) is 17.8 Å². The fourth-order valence-corrected chi connectivity index (χ4v) is 3.59. The Morgan fingerprint density at radius 1 is 1.03 bits per heavy atom. The Morgan fingerprint density at radius 2 is 1.77 bits per heavy atom. The number of aromatic nitrogens is 3. The van der Waals surface area contributed by atoms with Crippen LogP contribution in [-0.2, 0) is 14.3 Å². The van der Waals surface area contributed by atoms with E-state index in [1.807, 2.05) is 29.7 Å². The van der Waals surface area contributed by atoms with Gasteiger partial charge < -0.3 is 15.4 Å². The van der Waals surface area contributed by atoms with Gasteiger partial charge in [-0.2, -0.15) is 0 Å². The number of amides is 2. The SMILES string of the molecule is COC(=O)c1ccc(NC(=O)CSc2nnc(C)n2-c2cccc(NC(C)=O)c2)cc1. The molecule has 0 aliphatic heterocycles. The molecule has 9 nitrogen and oxygen atoms in total. The van der Waals surface area contributed by atoms with E-state index in [1.54, 1.807) is 30.3 Å². The van der Waals surface area contributed by atoms with Crippen molar-refractivity contribution in [3.63, 3.8) is 0 Å². The number of anilines is 2. The number of carbonyl (C=O) groups excluding carboxylic acids is 3. The van der Waals surface area contributed by atoms with Crippen LogP contribution in [-0.4, -0.2) is 45.4 Å². The Balaban J connectivity index is 1.67. The van der Waals surface area contributed by atoms with Gasteiger partial charge in [0.05, 0.1) is 24.1 Å². The molecule has 0 aliphatic rings. The number of hydrogen-bond acceptors (Lipinski definition) is 7. The lowest BCUT2D eigenvalue weighted by Gasteiger charge is -2.11. The molecule has 0 atom stereocenters. The molecular formula is C21H21N5O4S. The van der Waals surface area contributed by atoms with E-state index in [9.17, 15) is 14.4 Å². The van der Waals surface area contributed by atoms with Gasteiger partial charge in [-0.25, -0.2) is 4.79 Å². The molecule has 3 aromatic rings. The summed E-state index contributed by atoms with van der Waals surface area (Å²) >= 11 is 1.24. The minimum absolute atomic E-state index is 0.113. The number of esters is 1. The van der Waals surface area contributed by atoms with Crippen LogP contribution in [0.4, 0.5) is 11.4 Å². The summed E-state index contributed by atoms with van der Waals surface area (Å²) in [5.74, 6) is -0.0621. The fourth-order valence-electron chi connectivity index (χ4n) is 2.79. The van der Waals surface area contributed by atoms with E-state index in [4.69, 9.17) is 0 Å². The molecule has 2 amide bonds. The number of nitrogens with one attached hydrogen (secondary N) is 2. The third-order valence-electron chi connectivity index (χ3n) is 4.14. The average molecular weight is 439 g/mol. The summed E-state index contributed by atoms with van der Waals surface area (Å²) in [5, 5.41) is 14.3. The number of benzene rings is 2. The van der Waals surface area contributed by atoms with Crippen LogP contribution in [0, 0.1) is 6.92 Å². The second-order valence-corrected chi connectivity index (χ2v) is 7.44. The van der Waals surface area contributed by atoms with Gasteiger partial charge in [-0.3, -0.25) is 14.2 Å². The normalized spacial score (nSPS) is 10.4. The first-order valence-corrected chi connectivity index (χ1v) is 10.3. The molecule has 0 aliphatic carbocycles. The van der Waals surface area contributed by atoms with Gasteiger partial charge in [-0.05, 0) is 49.4 Å². The number of aryl methyl sites for hydroxylation is 1. The molecule has 0 saturated carbocycles. The van der Waals surface area contributed by atoms with Crippen molar-refractivity contribution in [3.8, 4) is 5.69 Å². The molecule has 1 aromatic heterocycles. The van der Waals surface area contributed by atoms with Gasteiger partial charge in [0.2, 0.25) is 11.8 Å². The van der Waals surface area contributed by atoms with Crippen molar-refractivity contribution < 1.29 is 19.1 Å². The molecule has 2 aromatic carbocycles. The first-order valence-electron chi connectivity index (χ1n) is 9.28. The quantitative estimate of drug-likeness (QED) is 0.429. The van der Waals surface area contributed by atoms with Crippen molar-refractivity contribution in [2.75, 3.05) is 23.5 Å². The van der Waals surface area contributed by atoms with E-state index in [2.05, 4.69) is 25.6 Å². The Morgan fingerprint density at radius 3 is 2.45 bits per heavy atom. The first-order chi connectivity index (χ1) is 14.9. The minimum atomic E-state index is -0.439. The zero-order valence-electron chi connectivity index (χ0n) is 17.2. The minimum Gasteiger partial charge on any atom is -0.465 e. The van der Waals surface area contributed by atoms with Gasteiger partial charge in [-0.15, -0.1) is 10.2 Å². The third kappa shape index (κ3) is 5.70. The highest BCUT2D eigenvalue weighted by Gasteiger charge is 2.14. The zero-order valence-corrected chi connectivity index (χ0v) is 18.0. The Hall–Kier alpha value is -3.66. The summed E-state index contributed by atoms with van der Waals surface area (Å²) < 4.78 is 6.47. The highest BCUT2D eigenvalue weighted by molar-refractivity contribution is 7.99. The van der Waals surface area contributed by atoms with E-state index >= 15 is 0 Å². The summed E-state index contributed by atoms with van der Waals surface area (Å²) in [5.41, 5.74) is 2.40. The third-order valence-corrected chi connectivity index (χ3v) is 5.07. The molecule has 0 bridgehead atoms. The van der Waals surface area contributed by atoms with E-state index in [-0.39, 0.29) is 17.6 Å². The molecule has 0 fully saturated rings. The highest BCUT2D eigenvalue weighted by atomic mass is 32.2. The Labute approximate surface area is 183 Å². The predicted molar refractivity (Wildman–Crippen MR) is 118 cm³/mol. The molecule has 3 rings (SSSR count). The lowest BCUT2D eigenvalue weighted by Crippen LogP contribution is -2.15. The van der Waals surface area contributed by atoms with Gasteiger partial charge in [0.15, 0.2) is 5.16 Å². The number of carbonyl (C=O) groups is 3. The second-order valence-electron chi connectivity index (χ2n) is 6.50. The molecule has 0 spiro atoms. The van der Waals surface area contributed by atoms with Crippen LogP contribution in [0.2, 0.25) is 0 Å². The van der Waals surface area contributed by atoms with E-state index in [1.165, 1.54) is 25.8 Å². The predicted octanol–water partition coefficient (Wildman–Crippen LogP) is 3.05. The van der Waals surface area contributed by atoms with Crippen molar-refractivity contribution in [1.29, 1.82) is 0 Å². The van der Waals surface area contributed by atoms with Gasteiger partial charge in [0.1, 0.15) is 5.82 Å². The Bertz CT molecular complexity index is 1110. The summed E-state index contributed by atoms with van der Waals surface area (Å²) in [7, 11) is 1.31. The molecule has 0 saturated heterocycles. The standard InChI is InChI=1S/C21H21N5O4S/c1-13-24-25-21(26(13)18-6-4-5-17(11-18)22-14(2)27)31-12-19(28)23-16-9-7-15(8-10-16)20(29)30-3/h4-11H,12H2,1-3H3,(H,22,27)(H,23,28). The number of nitrogens with zero attached hydrogens (tertiary/aromatic N) is 3. The van der Waals surface area contributed by atoms with Crippen molar-refractivity contribution >= 4 is 40.9 Å². The summed E-state index contributed by atoms with van der Waals surface area (Å²) in [6.45, 7) is 3.25. The molecule has 160 valence electrons. The molecule has 0 unspecified atom stereocenters. The number of thioether (sulfide) groups is 1. The lowest BCUT2D eigenvalue weighted by molar-refractivity contribution is -0.114. The summed E-state index contributed by atoms with van der Waals surface area (Å²) in [4.78, 5) is 35.2. The van der Waals surface area contributed by atoms with E-state index < -0.39 is 5.97 Å². The van der Waals surface area contributed by atoms with Gasteiger partial charge in [0.25, 0.3) is 0 Å². The van der Waals surface area contributed by atoms with Crippen molar-refractivity contribution in [2.24, 2.45) is 0 Å². The lowest BCUT2D eigenvalue weighted by atomic mass is 10.2. The largest absolute Gasteiger partial charge is 0.465 e. The van der Waals surface area contributed by atoms with Crippen molar-refractivity contribution in [1.82, 2.24) is 14.8 Å². The maximum atomic E-state index is 12.4. The molecular weight excluding hydrogens is 418 g/mol. The van der Waals surface area contributed by atoms with Crippen LogP contribution >= 0.6 is 11.8 Å². The van der Waals surface area contributed by atoms with Crippen LogP contribution in [0.15, 0.2) is 53.7 Å². The number of ether oxygens (including phenoxy) is 1. The topological polar surface area (TPSA) is 115 Å². The van der Waals surface area contributed by atoms with E-state index in [0.29, 0.717) is 27.9 Å². The smallest absolute Gasteiger partial charge is 0.337 e. The fraction of sp³-hybridized carbons (Fsp3) is 0.190. The number of hydrogen-bond donors (Lipinski definition) is 2. The molecule has 0 radical (unpaired) electrons. The van der Waals surface area contributed by atoms with Crippen LogP contribution < -0.4 is 10.6 Å².